The molecule has 0 aliphatic carbocycles. The summed E-state index contributed by atoms with van der Waals surface area (Å²) in [6.45, 7) is 4.77. The lowest BCUT2D eigenvalue weighted by molar-refractivity contribution is 0.0147. The second kappa shape index (κ2) is 9.70. The lowest BCUT2D eigenvalue weighted by Gasteiger charge is -2.34. The summed E-state index contributed by atoms with van der Waals surface area (Å²) >= 11 is 0. The van der Waals surface area contributed by atoms with Crippen molar-refractivity contribution in [1.29, 1.82) is 0 Å². The Labute approximate surface area is 178 Å². The molecule has 1 aliphatic heterocycles. The van der Waals surface area contributed by atoms with Gasteiger partial charge in [-0.05, 0) is 35.9 Å². The molecule has 1 unspecified atom stereocenters. The Kier molecular flexibility index (Phi) is 6.57. The highest BCUT2D eigenvalue weighted by atomic mass is 16.5. The van der Waals surface area contributed by atoms with Crippen LogP contribution < -0.4 is 0 Å². The van der Waals surface area contributed by atoms with E-state index in [9.17, 15) is 4.79 Å². The number of hydrogen-bond donors (Lipinski definition) is 0. The van der Waals surface area contributed by atoms with Gasteiger partial charge in [0.25, 0.3) is 0 Å². The van der Waals surface area contributed by atoms with Crippen LogP contribution in [0.3, 0.4) is 0 Å². The van der Waals surface area contributed by atoms with E-state index in [1.54, 1.807) is 0 Å². The zero-order valence-electron chi connectivity index (χ0n) is 17.4. The minimum absolute atomic E-state index is 0.280. The molecule has 0 radical (unpaired) electrons. The van der Waals surface area contributed by atoms with Gasteiger partial charge in [-0.15, -0.1) is 0 Å². The molecule has 0 saturated carbocycles. The summed E-state index contributed by atoms with van der Waals surface area (Å²) in [6, 6.07) is 27.9. The Balaban J connectivity index is 1.47. The molecule has 0 spiro atoms. The minimum Gasteiger partial charge on any atom is -0.453 e. The molecule has 4 nitrogen and oxygen atoms in total. The lowest BCUT2D eigenvalue weighted by atomic mass is 10.0. The average Bonchev–Trinajstić information content (AvgIpc) is 2.81. The van der Waals surface area contributed by atoms with Gasteiger partial charge in [0.1, 0.15) is 6.10 Å². The number of ether oxygens (including phenoxy) is 1. The molecule has 1 fully saturated rings. The number of carbonyl (C=O) groups is 1. The van der Waals surface area contributed by atoms with Crippen LogP contribution in [0.1, 0.15) is 22.0 Å². The van der Waals surface area contributed by atoms with Crippen molar-refractivity contribution >= 4 is 5.97 Å². The maximum atomic E-state index is 12.9. The Morgan fingerprint density at radius 2 is 1.37 bits per heavy atom. The zero-order chi connectivity index (χ0) is 20.8. The third kappa shape index (κ3) is 5.15. The fraction of sp³-hybridized carbons (Fsp3) is 0.269. The lowest BCUT2D eigenvalue weighted by Crippen LogP contribution is -2.46. The third-order valence-electron chi connectivity index (χ3n) is 5.67. The molecule has 1 aliphatic rings. The summed E-state index contributed by atoms with van der Waals surface area (Å²) in [5, 5.41) is 0. The van der Waals surface area contributed by atoms with Gasteiger partial charge in [-0.25, -0.2) is 4.79 Å². The van der Waals surface area contributed by atoms with Crippen molar-refractivity contribution in [2.75, 3.05) is 39.8 Å². The predicted octanol–water partition coefficient (Wildman–Crippen LogP) is 4.50. The monoisotopic (exact) mass is 400 g/mol. The fourth-order valence-electron chi connectivity index (χ4n) is 3.77. The van der Waals surface area contributed by atoms with Gasteiger partial charge in [0.15, 0.2) is 0 Å². The number of benzene rings is 3. The van der Waals surface area contributed by atoms with Crippen LogP contribution in [-0.2, 0) is 4.74 Å². The largest absolute Gasteiger partial charge is 0.453 e. The molecule has 1 heterocycles. The van der Waals surface area contributed by atoms with Crippen molar-refractivity contribution in [3.05, 3.63) is 96.1 Å². The molecule has 154 valence electrons. The number of nitrogens with zero attached hydrogens (tertiary/aromatic N) is 2. The van der Waals surface area contributed by atoms with Gasteiger partial charge in [0.05, 0.1) is 5.56 Å². The first-order valence-electron chi connectivity index (χ1n) is 10.5. The van der Waals surface area contributed by atoms with E-state index in [-0.39, 0.29) is 12.1 Å². The summed E-state index contributed by atoms with van der Waals surface area (Å²) in [7, 11) is 2.14. The van der Waals surface area contributed by atoms with Crippen LogP contribution in [0.15, 0.2) is 84.9 Å². The Morgan fingerprint density at radius 1 is 0.800 bits per heavy atom. The number of hydrogen-bond acceptors (Lipinski definition) is 4. The van der Waals surface area contributed by atoms with E-state index in [0.29, 0.717) is 12.1 Å². The topological polar surface area (TPSA) is 32.8 Å². The second-order valence-electron chi connectivity index (χ2n) is 7.85. The van der Waals surface area contributed by atoms with Crippen molar-refractivity contribution in [1.82, 2.24) is 9.80 Å². The van der Waals surface area contributed by atoms with Gasteiger partial charge in [-0.3, -0.25) is 4.90 Å². The maximum absolute atomic E-state index is 12.9. The molecule has 0 amide bonds. The SMILES string of the molecule is CN1CCN(CC(OC(=O)c2ccc(-c3ccccc3)cc2)c2ccccc2)CC1. The summed E-state index contributed by atoms with van der Waals surface area (Å²) in [4.78, 5) is 17.6. The summed E-state index contributed by atoms with van der Waals surface area (Å²) in [6.07, 6.45) is -0.282. The van der Waals surface area contributed by atoms with Crippen molar-refractivity contribution in [3.63, 3.8) is 0 Å². The summed E-state index contributed by atoms with van der Waals surface area (Å²) in [5.74, 6) is -0.280. The molecule has 1 atom stereocenters. The van der Waals surface area contributed by atoms with Gasteiger partial charge >= 0.3 is 5.97 Å². The number of piperazine rings is 1. The maximum Gasteiger partial charge on any atom is 0.338 e. The molecule has 0 aromatic heterocycles. The Morgan fingerprint density at radius 3 is 2.00 bits per heavy atom. The number of likely N-dealkylation sites (N-methyl/N-ethyl adjacent to an activating group) is 1. The highest BCUT2D eigenvalue weighted by molar-refractivity contribution is 5.90. The van der Waals surface area contributed by atoms with Gasteiger partial charge < -0.3 is 9.64 Å². The first-order chi connectivity index (χ1) is 14.7. The molecule has 4 rings (SSSR count). The molecular weight excluding hydrogens is 372 g/mol. The molecule has 1 saturated heterocycles. The van der Waals surface area contributed by atoms with Gasteiger partial charge in [0, 0.05) is 32.7 Å². The molecule has 0 N–H and O–H groups in total. The zero-order valence-corrected chi connectivity index (χ0v) is 17.4. The number of carbonyl (C=O) groups excluding carboxylic acids is 1. The van der Waals surface area contributed by atoms with E-state index in [0.717, 1.165) is 42.9 Å². The fourth-order valence-corrected chi connectivity index (χ4v) is 3.77. The van der Waals surface area contributed by atoms with Crippen molar-refractivity contribution in [3.8, 4) is 11.1 Å². The van der Waals surface area contributed by atoms with Gasteiger partial charge in [0.2, 0.25) is 0 Å². The predicted molar refractivity (Wildman–Crippen MR) is 120 cm³/mol. The van der Waals surface area contributed by atoms with Crippen LogP contribution in [-0.4, -0.2) is 55.5 Å². The third-order valence-corrected chi connectivity index (χ3v) is 5.67. The van der Waals surface area contributed by atoms with Crippen LogP contribution >= 0.6 is 0 Å². The molecule has 4 heteroatoms. The Bertz CT molecular complexity index is 934. The van der Waals surface area contributed by atoms with Crippen molar-refractivity contribution in [2.45, 2.75) is 6.10 Å². The summed E-state index contributed by atoms with van der Waals surface area (Å²) < 4.78 is 6.00. The molecule has 3 aromatic carbocycles. The van der Waals surface area contributed by atoms with Crippen LogP contribution in [0, 0.1) is 0 Å². The van der Waals surface area contributed by atoms with E-state index in [1.807, 2.05) is 72.8 Å². The van der Waals surface area contributed by atoms with E-state index in [2.05, 4.69) is 29.0 Å². The number of rotatable bonds is 6. The summed E-state index contributed by atoms with van der Waals surface area (Å²) in [5.41, 5.74) is 3.83. The molecule has 0 bridgehead atoms. The molecular formula is C26H28N2O2. The van der Waals surface area contributed by atoms with Crippen molar-refractivity contribution < 1.29 is 9.53 Å². The molecule has 3 aromatic rings. The average molecular weight is 401 g/mol. The first-order valence-corrected chi connectivity index (χ1v) is 10.5. The quantitative estimate of drug-likeness (QED) is 0.571. The first kappa shape index (κ1) is 20.3. The standard InChI is InChI=1S/C26H28N2O2/c1-27-16-18-28(19-17-27)20-25(23-10-6-3-7-11-23)30-26(29)24-14-12-22(13-15-24)21-8-4-2-5-9-21/h2-15,25H,16-20H2,1H3. The van der Waals surface area contributed by atoms with Crippen LogP contribution in [0.25, 0.3) is 11.1 Å². The van der Waals surface area contributed by atoms with Crippen molar-refractivity contribution in [2.24, 2.45) is 0 Å². The Hall–Kier alpha value is -2.95. The van der Waals surface area contributed by atoms with Crippen LogP contribution in [0.4, 0.5) is 0 Å². The smallest absolute Gasteiger partial charge is 0.338 e. The van der Waals surface area contributed by atoms with E-state index < -0.39 is 0 Å². The second-order valence-corrected chi connectivity index (χ2v) is 7.85. The van der Waals surface area contributed by atoms with E-state index in [1.165, 1.54) is 0 Å². The van der Waals surface area contributed by atoms with Gasteiger partial charge in [-0.2, -0.15) is 0 Å². The van der Waals surface area contributed by atoms with Gasteiger partial charge in [-0.1, -0.05) is 72.8 Å². The highest BCUT2D eigenvalue weighted by Crippen LogP contribution is 2.23. The number of esters is 1. The van der Waals surface area contributed by atoms with Crippen LogP contribution in [0.5, 0.6) is 0 Å². The normalized spacial score (nSPS) is 16.2. The van der Waals surface area contributed by atoms with E-state index >= 15 is 0 Å². The minimum atomic E-state index is -0.282. The van der Waals surface area contributed by atoms with E-state index in [4.69, 9.17) is 4.74 Å². The van der Waals surface area contributed by atoms with Crippen LogP contribution in [0.2, 0.25) is 0 Å². The highest BCUT2D eigenvalue weighted by Gasteiger charge is 2.23. The molecule has 30 heavy (non-hydrogen) atoms.